The lowest BCUT2D eigenvalue weighted by Crippen LogP contribution is -2.61. The number of carboxylic acids is 1. The van der Waals surface area contributed by atoms with Crippen LogP contribution < -0.4 is 4.74 Å². The maximum Gasteiger partial charge on any atom is 0.329 e. The number of aliphatic carboxylic acids is 1. The molecule has 0 bridgehead atoms. The molecule has 0 aromatic heterocycles. The van der Waals surface area contributed by atoms with E-state index in [1.807, 2.05) is 19.1 Å². The van der Waals surface area contributed by atoms with Crippen LogP contribution in [-0.2, 0) is 22.5 Å². The van der Waals surface area contributed by atoms with Crippen molar-refractivity contribution in [1.82, 2.24) is 4.90 Å². The van der Waals surface area contributed by atoms with E-state index in [1.165, 1.54) is 5.56 Å². The Morgan fingerprint density at radius 2 is 2.29 bits per heavy atom. The minimum atomic E-state index is -0.935. The number of carbonyl (C=O) groups is 1. The van der Waals surface area contributed by atoms with E-state index in [0.717, 1.165) is 29.3 Å². The number of nitrogens with zero attached hydrogens (tertiary/aromatic N) is 1. The minimum absolute atomic E-state index is 0.250. The summed E-state index contributed by atoms with van der Waals surface area (Å²) in [7, 11) is 0. The van der Waals surface area contributed by atoms with E-state index in [2.05, 4.69) is 4.90 Å². The highest BCUT2D eigenvalue weighted by atomic mass is 35.5. The standard InChI is InChI=1S/C15H18ClNO4/c1-15(21-7-13(18)19)8-17(9-15)6-11-5-12(16)4-10-2-3-20-14(10)11/h4-5H,2-3,6-9H2,1H3,(H,18,19). The summed E-state index contributed by atoms with van der Waals surface area (Å²) in [6, 6.07) is 3.91. The van der Waals surface area contributed by atoms with Gasteiger partial charge in [-0.15, -0.1) is 0 Å². The van der Waals surface area contributed by atoms with Gasteiger partial charge in [-0.2, -0.15) is 0 Å². The van der Waals surface area contributed by atoms with Crippen LogP contribution in [0, 0.1) is 0 Å². The molecule has 2 aliphatic rings. The predicted molar refractivity (Wildman–Crippen MR) is 77.9 cm³/mol. The quantitative estimate of drug-likeness (QED) is 0.900. The third kappa shape index (κ3) is 3.15. The van der Waals surface area contributed by atoms with Gasteiger partial charge in [0.25, 0.3) is 0 Å². The van der Waals surface area contributed by atoms with Crippen molar-refractivity contribution in [1.29, 1.82) is 0 Å². The molecule has 0 amide bonds. The van der Waals surface area contributed by atoms with E-state index in [4.69, 9.17) is 26.2 Å². The molecule has 0 atom stereocenters. The van der Waals surface area contributed by atoms with Crippen molar-refractivity contribution in [2.75, 3.05) is 26.3 Å². The number of benzene rings is 1. The molecule has 5 nitrogen and oxygen atoms in total. The van der Waals surface area contributed by atoms with Crippen LogP contribution in [0.1, 0.15) is 18.1 Å². The van der Waals surface area contributed by atoms with Crippen molar-refractivity contribution >= 4 is 17.6 Å². The first-order valence-corrected chi connectivity index (χ1v) is 7.35. The fourth-order valence-corrected chi connectivity index (χ4v) is 3.31. The van der Waals surface area contributed by atoms with Gasteiger partial charge in [0.05, 0.1) is 12.2 Å². The Hall–Kier alpha value is -1.30. The van der Waals surface area contributed by atoms with Crippen LogP contribution in [-0.4, -0.2) is 47.9 Å². The van der Waals surface area contributed by atoms with Gasteiger partial charge in [0, 0.05) is 36.6 Å². The summed E-state index contributed by atoms with van der Waals surface area (Å²) >= 11 is 6.15. The third-order valence-corrected chi connectivity index (χ3v) is 4.10. The smallest absolute Gasteiger partial charge is 0.329 e. The molecule has 1 aromatic carbocycles. The van der Waals surface area contributed by atoms with Crippen molar-refractivity contribution in [2.45, 2.75) is 25.5 Å². The number of likely N-dealkylation sites (tertiary alicyclic amines) is 1. The fourth-order valence-electron chi connectivity index (χ4n) is 3.04. The first-order valence-electron chi connectivity index (χ1n) is 6.97. The van der Waals surface area contributed by atoms with Crippen LogP contribution in [0.25, 0.3) is 0 Å². The van der Waals surface area contributed by atoms with Gasteiger partial charge in [0.2, 0.25) is 0 Å². The number of halogens is 1. The van der Waals surface area contributed by atoms with Gasteiger partial charge < -0.3 is 14.6 Å². The van der Waals surface area contributed by atoms with Gasteiger partial charge >= 0.3 is 5.97 Å². The Balaban J connectivity index is 1.61. The van der Waals surface area contributed by atoms with Gasteiger partial charge in [-0.3, -0.25) is 4.90 Å². The van der Waals surface area contributed by atoms with Crippen LogP contribution in [0.5, 0.6) is 5.75 Å². The molecule has 0 saturated carbocycles. The normalized spacial score (nSPS) is 19.7. The molecule has 0 radical (unpaired) electrons. The van der Waals surface area contributed by atoms with Crippen LogP contribution in [0.4, 0.5) is 0 Å². The number of fused-ring (bicyclic) bond motifs is 1. The molecule has 1 aromatic rings. The maximum absolute atomic E-state index is 10.6. The van der Waals surface area contributed by atoms with Crippen LogP contribution in [0.15, 0.2) is 12.1 Å². The summed E-state index contributed by atoms with van der Waals surface area (Å²) in [6.45, 7) is 4.56. The van der Waals surface area contributed by atoms with Crippen LogP contribution in [0.3, 0.4) is 0 Å². The van der Waals surface area contributed by atoms with Crippen molar-refractivity contribution in [3.05, 3.63) is 28.3 Å². The average Bonchev–Trinajstić information content (AvgIpc) is 2.82. The predicted octanol–water partition coefficient (Wildman–Crippen LogP) is 1.95. The second kappa shape index (κ2) is 5.48. The highest BCUT2D eigenvalue weighted by Crippen LogP contribution is 2.35. The van der Waals surface area contributed by atoms with Crippen LogP contribution in [0.2, 0.25) is 5.02 Å². The van der Waals surface area contributed by atoms with E-state index < -0.39 is 5.97 Å². The Labute approximate surface area is 128 Å². The maximum atomic E-state index is 10.6. The van der Waals surface area contributed by atoms with Gasteiger partial charge in [0.15, 0.2) is 0 Å². The largest absolute Gasteiger partial charge is 0.493 e. The zero-order valence-corrected chi connectivity index (χ0v) is 12.7. The van der Waals surface area contributed by atoms with Gasteiger partial charge in [-0.05, 0) is 24.6 Å². The van der Waals surface area contributed by atoms with Crippen molar-refractivity contribution in [2.24, 2.45) is 0 Å². The highest BCUT2D eigenvalue weighted by molar-refractivity contribution is 6.30. The number of ether oxygens (including phenoxy) is 2. The molecule has 3 rings (SSSR count). The highest BCUT2D eigenvalue weighted by Gasteiger charge is 2.40. The van der Waals surface area contributed by atoms with E-state index >= 15 is 0 Å². The molecule has 1 fully saturated rings. The average molecular weight is 312 g/mol. The van der Waals surface area contributed by atoms with E-state index in [0.29, 0.717) is 19.7 Å². The first-order chi connectivity index (χ1) is 9.95. The summed E-state index contributed by atoms with van der Waals surface area (Å²) in [6.07, 6.45) is 0.905. The molecule has 0 unspecified atom stereocenters. The lowest BCUT2D eigenvalue weighted by atomic mass is 9.95. The number of hydrogen-bond acceptors (Lipinski definition) is 4. The van der Waals surface area contributed by atoms with E-state index in [-0.39, 0.29) is 12.2 Å². The summed E-state index contributed by atoms with van der Waals surface area (Å²) < 4.78 is 11.1. The minimum Gasteiger partial charge on any atom is -0.493 e. The molecule has 114 valence electrons. The topological polar surface area (TPSA) is 59.0 Å². The number of carboxylic acid groups (broad SMARTS) is 1. The van der Waals surface area contributed by atoms with Gasteiger partial charge in [-0.1, -0.05) is 11.6 Å². The van der Waals surface area contributed by atoms with Gasteiger partial charge in [-0.25, -0.2) is 4.79 Å². The zero-order chi connectivity index (χ0) is 15.0. The third-order valence-electron chi connectivity index (χ3n) is 3.88. The van der Waals surface area contributed by atoms with Crippen LogP contribution >= 0.6 is 11.6 Å². The summed E-state index contributed by atoms with van der Waals surface area (Å²) in [5.74, 6) is 0.0233. The zero-order valence-electron chi connectivity index (χ0n) is 11.9. The molecule has 0 aliphatic carbocycles. The summed E-state index contributed by atoms with van der Waals surface area (Å²) in [4.78, 5) is 12.8. The van der Waals surface area contributed by atoms with E-state index in [1.54, 1.807) is 0 Å². The fraction of sp³-hybridized carbons (Fsp3) is 0.533. The Bertz CT molecular complexity index is 569. The first kappa shape index (κ1) is 14.6. The molecule has 2 heterocycles. The Morgan fingerprint density at radius 3 is 3.00 bits per heavy atom. The molecule has 21 heavy (non-hydrogen) atoms. The second-order valence-corrected chi connectivity index (χ2v) is 6.37. The lowest BCUT2D eigenvalue weighted by Gasteiger charge is -2.47. The molecule has 2 aliphatic heterocycles. The molecule has 0 spiro atoms. The molecular weight excluding hydrogens is 294 g/mol. The SMILES string of the molecule is CC1(OCC(=O)O)CN(Cc2cc(Cl)cc3c2OCC3)C1. The summed E-state index contributed by atoms with van der Waals surface area (Å²) in [5, 5.41) is 9.40. The summed E-state index contributed by atoms with van der Waals surface area (Å²) in [5.41, 5.74) is 1.89. The Morgan fingerprint density at radius 1 is 1.52 bits per heavy atom. The Kier molecular flexibility index (Phi) is 3.82. The monoisotopic (exact) mass is 311 g/mol. The van der Waals surface area contributed by atoms with Gasteiger partial charge in [0.1, 0.15) is 12.4 Å². The van der Waals surface area contributed by atoms with Crippen molar-refractivity contribution in [3.63, 3.8) is 0 Å². The van der Waals surface area contributed by atoms with Crippen molar-refractivity contribution in [3.8, 4) is 5.75 Å². The number of rotatable bonds is 5. The second-order valence-electron chi connectivity index (χ2n) is 5.93. The number of hydrogen-bond donors (Lipinski definition) is 1. The lowest BCUT2D eigenvalue weighted by molar-refractivity contribution is -0.165. The van der Waals surface area contributed by atoms with E-state index in [9.17, 15) is 4.79 Å². The molecule has 1 N–H and O–H groups in total. The van der Waals surface area contributed by atoms with Crippen molar-refractivity contribution < 1.29 is 19.4 Å². The molecule has 1 saturated heterocycles. The molecule has 6 heteroatoms. The molecular formula is C15H18ClNO4.